The van der Waals surface area contributed by atoms with E-state index in [9.17, 15) is 18.0 Å². The molecule has 32 heavy (non-hydrogen) atoms. The van der Waals surface area contributed by atoms with E-state index in [4.69, 9.17) is 0 Å². The standard InChI is InChI=1S/C24H28F3N3OS/c1-2-8-28-9-7-23(31)29-20-13-17(24(25,26)27)14-22-19(20)12-16-5-6-18(15-21(16)32-22)30-10-3-4-11-30/h5-6,13-15,28H,2-4,7-12H2,1H3,(H,29,31). The first-order valence-electron chi connectivity index (χ1n) is 11.2. The first kappa shape index (κ1) is 23.0. The Morgan fingerprint density at radius 3 is 2.59 bits per heavy atom. The van der Waals surface area contributed by atoms with Gasteiger partial charge < -0.3 is 15.5 Å². The largest absolute Gasteiger partial charge is 0.416 e. The number of carbonyl (C=O) groups excluding carboxylic acids is 1. The van der Waals surface area contributed by atoms with Gasteiger partial charge >= 0.3 is 6.18 Å². The molecule has 0 saturated carbocycles. The van der Waals surface area contributed by atoms with Gasteiger partial charge in [-0.15, -0.1) is 0 Å². The van der Waals surface area contributed by atoms with Gasteiger partial charge in [-0.3, -0.25) is 4.79 Å². The van der Waals surface area contributed by atoms with Gasteiger partial charge in [0, 0.05) is 53.6 Å². The summed E-state index contributed by atoms with van der Waals surface area (Å²) in [5.74, 6) is -0.282. The predicted molar refractivity (Wildman–Crippen MR) is 123 cm³/mol. The minimum absolute atomic E-state index is 0.216. The highest BCUT2D eigenvalue weighted by atomic mass is 32.2. The molecule has 2 aromatic rings. The minimum atomic E-state index is -4.48. The molecule has 2 N–H and O–H groups in total. The van der Waals surface area contributed by atoms with E-state index in [2.05, 4.69) is 33.7 Å². The van der Waals surface area contributed by atoms with Crippen LogP contribution >= 0.6 is 11.8 Å². The molecule has 0 spiro atoms. The van der Waals surface area contributed by atoms with Crippen molar-refractivity contribution in [3.63, 3.8) is 0 Å². The molecule has 1 saturated heterocycles. The van der Waals surface area contributed by atoms with E-state index in [1.54, 1.807) is 0 Å². The normalized spacial score (nSPS) is 15.4. The topological polar surface area (TPSA) is 44.4 Å². The number of hydrogen-bond acceptors (Lipinski definition) is 4. The zero-order valence-corrected chi connectivity index (χ0v) is 19.0. The molecule has 0 atom stereocenters. The average Bonchev–Trinajstić information content (AvgIpc) is 3.29. The number of alkyl halides is 3. The Bertz CT molecular complexity index is 987. The minimum Gasteiger partial charge on any atom is -0.372 e. The van der Waals surface area contributed by atoms with Crippen LogP contribution in [0.4, 0.5) is 24.5 Å². The van der Waals surface area contributed by atoms with Gasteiger partial charge in [0.2, 0.25) is 5.91 Å². The maximum Gasteiger partial charge on any atom is 0.416 e. The Kier molecular flexibility index (Phi) is 7.00. The third kappa shape index (κ3) is 5.23. The van der Waals surface area contributed by atoms with Crippen molar-refractivity contribution in [2.75, 3.05) is 36.4 Å². The van der Waals surface area contributed by atoms with Crippen molar-refractivity contribution in [1.82, 2.24) is 5.32 Å². The van der Waals surface area contributed by atoms with Crippen molar-refractivity contribution in [1.29, 1.82) is 0 Å². The molecule has 2 aliphatic heterocycles. The van der Waals surface area contributed by atoms with E-state index in [1.165, 1.54) is 30.7 Å². The van der Waals surface area contributed by atoms with E-state index < -0.39 is 11.7 Å². The lowest BCUT2D eigenvalue weighted by atomic mass is 9.99. The highest BCUT2D eigenvalue weighted by Crippen LogP contribution is 2.46. The zero-order valence-electron chi connectivity index (χ0n) is 18.1. The Balaban J connectivity index is 1.60. The number of fused-ring (bicyclic) bond motifs is 2. The summed E-state index contributed by atoms with van der Waals surface area (Å²) < 4.78 is 40.8. The second-order valence-electron chi connectivity index (χ2n) is 8.31. The number of halogens is 3. The molecule has 0 unspecified atom stereocenters. The van der Waals surface area contributed by atoms with Gasteiger partial charge in [-0.05, 0) is 61.2 Å². The van der Waals surface area contributed by atoms with Gasteiger partial charge in [0.1, 0.15) is 0 Å². The smallest absolute Gasteiger partial charge is 0.372 e. The number of hydrogen-bond donors (Lipinski definition) is 2. The molecule has 2 heterocycles. The number of nitrogens with one attached hydrogen (secondary N) is 2. The van der Waals surface area contributed by atoms with Crippen molar-refractivity contribution >= 4 is 29.0 Å². The Morgan fingerprint density at radius 2 is 1.88 bits per heavy atom. The summed E-state index contributed by atoms with van der Waals surface area (Å²) in [5.41, 5.74) is 2.47. The molecule has 1 amide bonds. The second-order valence-corrected chi connectivity index (χ2v) is 9.40. The molecule has 2 aliphatic rings. The molecule has 4 rings (SSSR count). The van der Waals surface area contributed by atoms with Gasteiger partial charge in [-0.2, -0.15) is 13.2 Å². The van der Waals surface area contributed by atoms with Crippen LogP contribution in [-0.4, -0.2) is 32.1 Å². The van der Waals surface area contributed by atoms with Crippen molar-refractivity contribution in [2.24, 2.45) is 0 Å². The summed E-state index contributed by atoms with van der Waals surface area (Å²) in [5, 5.41) is 5.89. The summed E-state index contributed by atoms with van der Waals surface area (Å²) in [6.45, 7) is 5.37. The van der Waals surface area contributed by atoms with Crippen LogP contribution in [-0.2, 0) is 17.4 Å². The van der Waals surface area contributed by atoms with E-state index in [1.807, 2.05) is 6.92 Å². The van der Waals surface area contributed by atoms with E-state index in [0.717, 1.165) is 53.8 Å². The van der Waals surface area contributed by atoms with Crippen LogP contribution < -0.4 is 15.5 Å². The molecule has 0 radical (unpaired) electrons. The van der Waals surface area contributed by atoms with Crippen LogP contribution in [0.25, 0.3) is 0 Å². The number of nitrogens with zero attached hydrogens (tertiary/aromatic N) is 1. The van der Waals surface area contributed by atoms with Crippen LogP contribution in [0.1, 0.15) is 49.3 Å². The van der Waals surface area contributed by atoms with Crippen molar-refractivity contribution in [2.45, 2.75) is 55.0 Å². The van der Waals surface area contributed by atoms with Crippen LogP contribution in [0.15, 0.2) is 40.1 Å². The molecule has 0 aliphatic carbocycles. The lowest BCUT2D eigenvalue weighted by Gasteiger charge is -2.26. The molecular formula is C24H28F3N3OS. The molecule has 1 fully saturated rings. The Labute approximate surface area is 190 Å². The fraction of sp³-hybridized carbons (Fsp3) is 0.458. The second kappa shape index (κ2) is 9.75. The number of carbonyl (C=O) groups is 1. The number of benzene rings is 2. The third-order valence-electron chi connectivity index (χ3n) is 5.88. The first-order chi connectivity index (χ1) is 15.3. The molecule has 0 aromatic heterocycles. The van der Waals surface area contributed by atoms with Crippen LogP contribution in [0.3, 0.4) is 0 Å². The summed E-state index contributed by atoms with van der Waals surface area (Å²) in [6, 6.07) is 8.53. The third-order valence-corrected chi connectivity index (χ3v) is 7.06. The highest BCUT2D eigenvalue weighted by molar-refractivity contribution is 7.99. The molecule has 172 valence electrons. The number of amides is 1. The average molecular weight is 464 g/mol. The van der Waals surface area contributed by atoms with Crippen molar-refractivity contribution in [3.05, 3.63) is 47.0 Å². The predicted octanol–water partition coefficient (Wildman–Crippen LogP) is 5.69. The summed E-state index contributed by atoms with van der Waals surface area (Å²) >= 11 is 1.36. The quantitative estimate of drug-likeness (QED) is 0.442. The molecule has 2 aromatic carbocycles. The van der Waals surface area contributed by atoms with E-state index >= 15 is 0 Å². The lowest BCUT2D eigenvalue weighted by Crippen LogP contribution is -2.23. The van der Waals surface area contributed by atoms with Crippen LogP contribution in [0, 0.1) is 0 Å². The number of rotatable bonds is 7. The van der Waals surface area contributed by atoms with Gasteiger partial charge in [0.05, 0.1) is 5.56 Å². The lowest BCUT2D eigenvalue weighted by molar-refractivity contribution is -0.137. The van der Waals surface area contributed by atoms with Crippen LogP contribution in [0.2, 0.25) is 0 Å². The highest BCUT2D eigenvalue weighted by Gasteiger charge is 2.33. The molecule has 0 bridgehead atoms. The molecular weight excluding hydrogens is 435 g/mol. The van der Waals surface area contributed by atoms with Gasteiger partial charge in [0.25, 0.3) is 0 Å². The van der Waals surface area contributed by atoms with Crippen LogP contribution in [0.5, 0.6) is 0 Å². The van der Waals surface area contributed by atoms with Crippen molar-refractivity contribution in [3.8, 4) is 0 Å². The Hall–Kier alpha value is -2.19. The number of anilines is 2. The maximum atomic E-state index is 13.6. The zero-order chi connectivity index (χ0) is 22.7. The van der Waals surface area contributed by atoms with E-state index in [0.29, 0.717) is 17.9 Å². The Morgan fingerprint density at radius 1 is 1.09 bits per heavy atom. The summed E-state index contributed by atoms with van der Waals surface area (Å²) in [4.78, 5) is 16.3. The van der Waals surface area contributed by atoms with Gasteiger partial charge in [-0.1, -0.05) is 24.8 Å². The fourth-order valence-electron chi connectivity index (χ4n) is 4.18. The van der Waals surface area contributed by atoms with Crippen molar-refractivity contribution < 1.29 is 18.0 Å². The van der Waals surface area contributed by atoms with Gasteiger partial charge in [-0.25, -0.2) is 0 Å². The first-order valence-corrected chi connectivity index (χ1v) is 12.0. The molecule has 8 heteroatoms. The summed E-state index contributed by atoms with van der Waals surface area (Å²) in [6.07, 6.45) is -0.472. The van der Waals surface area contributed by atoms with Gasteiger partial charge in [0.15, 0.2) is 0 Å². The summed E-state index contributed by atoms with van der Waals surface area (Å²) in [7, 11) is 0. The SMILES string of the molecule is CCCNCCC(=O)Nc1cc(C(F)(F)F)cc2c1Cc1ccc(N3CCCC3)cc1S2. The van der Waals surface area contributed by atoms with E-state index in [-0.39, 0.29) is 18.0 Å². The molecule has 4 nitrogen and oxygen atoms in total. The monoisotopic (exact) mass is 463 g/mol. The fourth-order valence-corrected chi connectivity index (χ4v) is 5.35. The maximum absolute atomic E-state index is 13.6.